The van der Waals surface area contributed by atoms with E-state index in [0.717, 1.165) is 41.7 Å². The van der Waals surface area contributed by atoms with Crippen molar-refractivity contribution in [1.82, 2.24) is 9.88 Å². The molecule has 1 aromatic heterocycles. The van der Waals surface area contributed by atoms with Crippen LogP contribution in [0.3, 0.4) is 0 Å². The van der Waals surface area contributed by atoms with Crippen LogP contribution in [0.2, 0.25) is 0 Å². The Morgan fingerprint density at radius 2 is 2.07 bits per heavy atom. The highest BCUT2D eigenvalue weighted by molar-refractivity contribution is 5.83. The number of aromatic nitrogens is 1. The number of benzene rings is 1. The monoisotopic (exact) mass is 374 g/mol. The van der Waals surface area contributed by atoms with Gasteiger partial charge < -0.3 is 20.8 Å². The quantitative estimate of drug-likeness (QED) is 0.823. The van der Waals surface area contributed by atoms with Gasteiger partial charge in [-0.1, -0.05) is 13.0 Å². The van der Waals surface area contributed by atoms with Crippen LogP contribution in [0.25, 0.3) is 10.9 Å². The molecular formula is C21H30N2O4. The van der Waals surface area contributed by atoms with Crippen LogP contribution < -0.4 is 4.74 Å². The minimum atomic E-state index is -0.515. The summed E-state index contributed by atoms with van der Waals surface area (Å²) in [6.45, 7) is 8.40. The van der Waals surface area contributed by atoms with E-state index in [1.807, 2.05) is 24.3 Å². The molecule has 2 bridgehead atoms. The van der Waals surface area contributed by atoms with Crippen molar-refractivity contribution in [2.24, 2.45) is 17.8 Å². The van der Waals surface area contributed by atoms with Gasteiger partial charge in [0.25, 0.3) is 0 Å². The maximum atomic E-state index is 11.2. The van der Waals surface area contributed by atoms with Crippen LogP contribution in [-0.2, 0) is 0 Å². The number of piperidine rings is 3. The van der Waals surface area contributed by atoms with Crippen molar-refractivity contribution in [2.45, 2.75) is 25.5 Å². The van der Waals surface area contributed by atoms with Crippen molar-refractivity contribution < 1.29 is 20.8 Å². The van der Waals surface area contributed by atoms with Gasteiger partial charge in [0.05, 0.1) is 18.7 Å². The van der Waals surface area contributed by atoms with Gasteiger partial charge in [-0.05, 0) is 54.0 Å². The SMILES string of the molecule is C=C[C@H]1CN2CC(C)[C@@H]1C[C@@H]2[C@@H](O)c1ccnc2ccc(OC)cc12.O.O. The summed E-state index contributed by atoms with van der Waals surface area (Å²) in [6, 6.07) is 7.95. The van der Waals surface area contributed by atoms with Crippen molar-refractivity contribution in [3.05, 3.63) is 48.7 Å². The maximum absolute atomic E-state index is 11.2. The molecule has 4 heterocycles. The average molecular weight is 374 g/mol. The predicted molar refractivity (Wildman–Crippen MR) is 107 cm³/mol. The molecule has 0 aliphatic carbocycles. The Labute approximate surface area is 160 Å². The fraction of sp³-hybridized carbons (Fsp3) is 0.476. The number of hydrogen-bond donors (Lipinski definition) is 1. The fourth-order valence-electron chi connectivity index (χ4n) is 4.83. The van der Waals surface area contributed by atoms with E-state index in [-0.39, 0.29) is 17.0 Å². The van der Waals surface area contributed by atoms with Crippen LogP contribution in [-0.4, -0.2) is 52.2 Å². The standard InChI is InChI=1S/C21H26N2O2.2H2O/c1-4-14-12-23-11-13(2)17(14)10-20(23)21(24)16-7-8-22-19-6-5-15(25-3)9-18(16)19;;/h4-9,13-14,17,20-21,24H,1,10-12H2,2-3H3;2*1H2/t13?,14-,17-,20+,21-;;/m0../s1. The lowest BCUT2D eigenvalue weighted by Crippen LogP contribution is -2.58. The lowest BCUT2D eigenvalue weighted by atomic mass is 9.68. The summed E-state index contributed by atoms with van der Waals surface area (Å²) < 4.78 is 5.36. The van der Waals surface area contributed by atoms with Crippen LogP contribution in [0.1, 0.15) is 25.0 Å². The van der Waals surface area contributed by atoms with Crippen LogP contribution in [0.5, 0.6) is 5.75 Å². The van der Waals surface area contributed by atoms with Gasteiger partial charge in [-0.2, -0.15) is 0 Å². The second kappa shape index (κ2) is 8.35. The van der Waals surface area contributed by atoms with Crippen molar-refractivity contribution in [2.75, 3.05) is 20.2 Å². The molecule has 27 heavy (non-hydrogen) atoms. The number of methoxy groups -OCH3 is 1. The van der Waals surface area contributed by atoms with E-state index in [1.165, 1.54) is 0 Å². The summed E-state index contributed by atoms with van der Waals surface area (Å²) in [6.07, 6.45) is 4.40. The Morgan fingerprint density at radius 1 is 1.30 bits per heavy atom. The van der Waals surface area contributed by atoms with E-state index >= 15 is 0 Å². The van der Waals surface area contributed by atoms with E-state index in [1.54, 1.807) is 13.3 Å². The molecule has 148 valence electrons. The molecule has 3 aliphatic rings. The number of hydrogen-bond acceptors (Lipinski definition) is 4. The van der Waals surface area contributed by atoms with Crippen LogP contribution in [0.4, 0.5) is 0 Å². The molecule has 0 radical (unpaired) electrons. The zero-order valence-corrected chi connectivity index (χ0v) is 15.9. The fourth-order valence-corrected chi connectivity index (χ4v) is 4.83. The normalized spacial score (nSPS) is 30.1. The summed E-state index contributed by atoms with van der Waals surface area (Å²) in [5.74, 6) is 2.61. The average Bonchev–Trinajstić information content (AvgIpc) is 2.66. The first kappa shape index (κ1) is 21.3. The highest BCUT2D eigenvalue weighted by Gasteiger charge is 2.45. The molecule has 2 unspecified atom stereocenters. The molecule has 0 amide bonds. The number of aliphatic hydroxyl groups is 1. The van der Waals surface area contributed by atoms with Gasteiger partial charge in [0, 0.05) is 30.7 Å². The van der Waals surface area contributed by atoms with Gasteiger partial charge in [-0.25, -0.2) is 0 Å². The Hall–Kier alpha value is -1.99. The molecule has 1 aromatic carbocycles. The second-order valence-corrected chi connectivity index (χ2v) is 7.53. The zero-order valence-electron chi connectivity index (χ0n) is 15.9. The molecule has 2 aromatic rings. The molecular weight excluding hydrogens is 344 g/mol. The molecule has 6 nitrogen and oxygen atoms in total. The minimum Gasteiger partial charge on any atom is -0.497 e. The molecule has 0 saturated carbocycles. The third kappa shape index (κ3) is 3.58. The van der Waals surface area contributed by atoms with Gasteiger partial charge in [-0.15, -0.1) is 6.58 Å². The first-order valence-corrected chi connectivity index (χ1v) is 9.09. The number of fused-ring (bicyclic) bond motifs is 4. The van der Waals surface area contributed by atoms with Crippen molar-refractivity contribution in [1.29, 1.82) is 0 Å². The van der Waals surface area contributed by atoms with E-state index < -0.39 is 6.10 Å². The summed E-state index contributed by atoms with van der Waals surface area (Å²) in [7, 11) is 1.66. The highest BCUT2D eigenvalue weighted by Crippen LogP contribution is 2.44. The first-order valence-electron chi connectivity index (χ1n) is 9.09. The second-order valence-electron chi connectivity index (χ2n) is 7.53. The van der Waals surface area contributed by atoms with Crippen LogP contribution >= 0.6 is 0 Å². The number of nitrogens with zero attached hydrogens (tertiary/aromatic N) is 2. The Kier molecular flexibility index (Phi) is 6.59. The topological polar surface area (TPSA) is 109 Å². The lowest BCUT2D eigenvalue weighted by molar-refractivity contribution is -0.0704. The molecule has 6 atom stereocenters. The third-order valence-electron chi connectivity index (χ3n) is 6.20. The molecule has 3 fully saturated rings. The number of pyridine rings is 1. The van der Waals surface area contributed by atoms with E-state index in [4.69, 9.17) is 4.74 Å². The predicted octanol–water partition coefficient (Wildman–Crippen LogP) is 1.77. The molecule has 3 aliphatic heterocycles. The Bertz CT molecular complexity index is 797. The molecule has 0 spiro atoms. The number of aliphatic hydroxyl groups excluding tert-OH is 1. The maximum Gasteiger partial charge on any atom is 0.119 e. The van der Waals surface area contributed by atoms with Crippen molar-refractivity contribution >= 4 is 10.9 Å². The van der Waals surface area contributed by atoms with Crippen molar-refractivity contribution in [3.8, 4) is 5.75 Å². The molecule has 6 heteroatoms. The van der Waals surface area contributed by atoms with Gasteiger partial charge in [0.2, 0.25) is 0 Å². The van der Waals surface area contributed by atoms with Gasteiger partial charge >= 0.3 is 0 Å². The molecule has 5 rings (SSSR count). The number of rotatable bonds is 4. The van der Waals surface area contributed by atoms with Crippen LogP contribution in [0, 0.1) is 17.8 Å². The Balaban J connectivity index is 0.00000131. The minimum absolute atomic E-state index is 0. The van der Waals surface area contributed by atoms with E-state index in [2.05, 4.69) is 29.5 Å². The summed E-state index contributed by atoms with van der Waals surface area (Å²) in [4.78, 5) is 6.89. The van der Waals surface area contributed by atoms with Gasteiger partial charge in [0.15, 0.2) is 0 Å². The third-order valence-corrected chi connectivity index (χ3v) is 6.20. The van der Waals surface area contributed by atoms with Gasteiger partial charge in [0.1, 0.15) is 5.75 Å². The van der Waals surface area contributed by atoms with Gasteiger partial charge in [-0.3, -0.25) is 9.88 Å². The van der Waals surface area contributed by atoms with E-state index in [9.17, 15) is 5.11 Å². The van der Waals surface area contributed by atoms with E-state index in [0.29, 0.717) is 17.8 Å². The molecule has 3 saturated heterocycles. The highest BCUT2D eigenvalue weighted by atomic mass is 16.5. The summed E-state index contributed by atoms with van der Waals surface area (Å²) in [5.41, 5.74) is 1.84. The van der Waals surface area contributed by atoms with Crippen molar-refractivity contribution in [3.63, 3.8) is 0 Å². The summed E-state index contributed by atoms with van der Waals surface area (Å²) >= 11 is 0. The largest absolute Gasteiger partial charge is 0.497 e. The Morgan fingerprint density at radius 3 is 2.74 bits per heavy atom. The smallest absolute Gasteiger partial charge is 0.119 e. The lowest BCUT2D eigenvalue weighted by Gasteiger charge is -2.53. The van der Waals surface area contributed by atoms with Crippen LogP contribution in [0.15, 0.2) is 43.1 Å². The molecule has 5 N–H and O–H groups in total. The number of ether oxygens (including phenoxy) is 1. The zero-order chi connectivity index (χ0) is 17.6. The summed E-state index contributed by atoms with van der Waals surface area (Å²) in [5, 5.41) is 12.2. The first-order chi connectivity index (χ1) is 12.1.